The number of anilines is 1. The van der Waals surface area contributed by atoms with E-state index in [0.717, 1.165) is 11.3 Å². The molecule has 1 atom stereocenters. The first-order chi connectivity index (χ1) is 12.6. The van der Waals surface area contributed by atoms with E-state index in [2.05, 4.69) is 10.4 Å². The minimum Gasteiger partial charge on any atom is -0.492 e. The lowest BCUT2D eigenvalue weighted by Crippen LogP contribution is -2.22. The van der Waals surface area contributed by atoms with Crippen LogP contribution in [0, 0.1) is 0 Å². The van der Waals surface area contributed by atoms with Crippen molar-refractivity contribution < 1.29 is 19.4 Å². The number of rotatable bonds is 4. The standard InChI is InChI=1S/C19H15N3O4/c23-18(15-11-26-17-7-2-1-6-14(15)17)20-12-4-3-5-13(10-12)22-9-8-16(21-22)19(24)25/h1-10,15H,11H2,(H,20,23)(H,24,25). The van der Waals surface area contributed by atoms with Gasteiger partial charge in [0.05, 0.1) is 5.69 Å². The first-order valence-electron chi connectivity index (χ1n) is 8.04. The number of nitrogens with zero attached hydrogens (tertiary/aromatic N) is 2. The van der Waals surface area contributed by atoms with Gasteiger partial charge >= 0.3 is 5.97 Å². The van der Waals surface area contributed by atoms with Crippen molar-refractivity contribution in [3.8, 4) is 11.4 Å². The molecular formula is C19H15N3O4. The fourth-order valence-electron chi connectivity index (χ4n) is 2.92. The SMILES string of the molecule is O=C(O)c1ccn(-c2cccc(NC(=O)C3COc4ccccc43)c2)n1. The molecule has 2 aromatic carbocycles. The van der Waals surface area contributed by atoms with Crippen molar-refractivity contribution in [1.29, 1.82) is 0 Å². The predicted octanol–water partition coefficient (Wildman–Crippen LogP) is 2.69. The number of hydrogen-bond acceptors (Lipinski definition) is 4. The maximum atomic E-state index is 12.6. The first-order valence-corrected chi connectivity index (χ1v) is 8.04. The predicted molar refractivity (Wildman–Crippen MR) is 93.8 cm³/mol. The van der Waals surface area contributed by atoms with Crippen molar-refractivity contribution >= 4 is 17.6 Å². The fourth-order valence-corrected chi connectivity index (χ4v) is 2.92. The van der Waals surface area contributed by atoms with Gasteiger partial charge in [-0.25, -0.2) is 9.48 Å². The van der Waals surface area contributed by atoms with E-state index in [0.29, 0.717) is 18.0 Å². The molecule has 7 heteroatoms. The summed E-state index contributed by atoms with van der Waals surface area (Å²) in [5.41, 5.74) is 2.08. The maximum Gasteiger partial charge on any atom is 0.356 e. The van der Waals surface area contributed by atoms with Crippen LogP contribution in [-0.4, -0.2) is 33.4 Å². The van der Waals surface area contributed by atoms with Gasteiger partial charge in [-0.2, -0.15) is 5.10 Å². The Kier molecular flexibility index (Phi) is 3.89. The molecule has 1 aliphatic rings. The molecule has 1 amide bonds. The van der Waals surface area contributed by atoms with E-state index < -0.39 is 5.97 Å². The fraction of sp³-hybridized carbons (Fsp3) is 0.105. The van der Waals surface area contributed by atoms with E-state index >= 15 is 0 Å². The van der Waals surface area contributed by atoms with Crippen LogP contribution in [0.1, 0.15) is 22.0 Å². The van der Waals surface area contributed by atoms with Gasteiger partial charge in [-0.1, -0.05) is 24.3 Å². The Balaban J connectivity index is 1.54. The highest BCUT2D eigenvalue weighted by atomic mass is 16.5. The summed E-state index contributed by atoms with van der Waals surface area (Å²) >= 11 is 0. The number of para-hydroxylation sites is 1. The van der Waals surface area contributed by atoms with Crippen molar-refractivity contribution in [2.24, 2.45) is 0 Å². The second-order valence-electron chi connectivity index (χ2n) is 5.89. The molecule has 130 valence electrons. The first kappa shape index (κ1) is 15.9. The molecule has 1 unspecified atom stereocenters. The molecule has 0 bridgehead atoms. The Morgan fingerprint density at radius 3 is 2.81 bits per heavy atom. The molecule has 3 aromatic rings. The van der Waals surface area contributed by atoms with Crippen LogP contribution in [0.5, 0.6) is 5.75 Å². The number of ether oxygens (including phenoxy) is 1. The highest BCUT2D eigenvalue weighted by Crippen LogP contribution is 2.34. The summed E-state index contributed by atoms with van der Waals surface area (Å²) in [7, 11) is 0. The third-order valence-corrected chi connectivity index (χ3v) is 4.20. The van der Waals surface area contributed by atoms with E-state index in [-0.39, 0.29) is 17.5 Å². The van der Waals surface area contributed by atoms with Crippen molar-refractivity contribution in [2.45, 2.75) is 5.92 Å². The van der Waals surface area contributed by atoms with Gasteiger partial charge in [0.15, 0.2) is 5.69 Å². The van der Waals surface area contributed by atoms with Crippen LogP contribution in [0.4, 0.5) is 5.69 Å². The Hall–Kier alpha value is -3.61. The minimum absolute atomic E-state index is 0.0425. The molecule has 4 rings (SSSR count). The van der Waals surface area contributed by atoms with Gasteiger partial charge in [0.2, 0.25) is 5.91 Å². The number of aromatic nitrogens is 2. The molecule has 0 saturated heterocycles. The summed E-state index contributed by atoms with van der Waals surface area (Å²) in [6.07, 6.45) is 1.56. The summed E-state index contributed by atoms with van der Waals surface area (Å²) in [5.74, 6) is -0.871. The molecule has 0 spiro atoms. The van der Waals surface area contributed by atoms with Gasteiger partial charge < -0.3 is 15.2 Å². The van der Waals surface area contributed by atoms with E-state index in [4.69, 9.17) is 9.84 Å². The lowest BCUT2D eigenvalue weighted by Gasteiger charge is -2.11. The minimum atomic E-state index is -1.09. The van der Waals surface area contributed by atoms with E-state index in [1.807, 2.05) is 24.3 Å². The van der Waals surface area contributed by atoms with E-state index in [1.165, 1.54) is 10.7 Å². The van der Waals surface area contributed by atoms with E-state index in [9.17, 15) is 9.59 Å². The Morgan fingerprint density at radius 1 is 1.15 bits per heavy atom. The number of carboxylic acids is 1. The lowest BCUT2D eigenvalue weighted by atomic mass is 10.0. The average molecular weight is 349 g/mol. The number of nitrogens with one attached hydrogen (secondary N) is 1. The molecule has 0 radical (unpaired) electrons. The van der Waals surface area contributed by atoms with Crippen LogP contribution >= 0.6 is 0 Å². The van der Waals surface area contributed by atoms with Crippen LogP contribution in [0.3, 0.4) is 0 Å². The Labute approximate surface area is 148 Å². The third-order valence-electron chi connectivity index (χ3n) is 4.20. The molecule has 0 fully saturated rings. The van der Waals surface area contributed by atoms with E-state index in [1.54, 1.807) is 30.5 Å². The number of amides is 1. The van der Waals surface area contributed by atoms with Crippen LogP contribution in [-0.2, 0) is 4.79 Å². The largest absolute Gasteiger partial charge is 0.492 e. The summed E-state index contributed by atoms with van der Waals surface area (Å²) in [6.45, 7) is 0.312. The molecule has 7 nitrogen and oxygen atoms in total. The second-order valence-corrected chi connectivity index (χ2v) is 5.89. The Bertz CT molecular complexity index is 996. The monoisotopic (exact) mass is 349 g/mol. The molecule has 0 saturated carbocycles. The number of hydrogen-bond donors (Lipinski definition) is 2. The average Bonchev–Trinajstić information content (AvgIpc) is 3.29. The van der Waals surface area contributed by atoms with Gasteiger partial charge in [0.25, 0.3) is 0 Å². The van der Waals surface area contributed by atoms with Crippen LogP contribution in [0.15, 0.2) is 60.8 Å². The van der Waals surface area contributed by atoms with Gasteiger partial charge in [0, 0.05) is 17.4 Å². The highest BCUT2D eigenvalue weighted by Gasteiger charge is 2.30. The summed E-state index contributed by atoms with van der Waals surface area (Å²) in [6, 6.07) is 16.0. The zero-order chi connectivity index (χ0) is 18.1. The van der Waals surface area contributed by atoms with Gasteiger partial charge in [-0.05, 0) is 30.3 Å². The van der Waals surface area contributed by atoms with Gasteiger partial charge in [0.1, 0.15) is 18.3 Å². The maximum absolute atomic E-state index is 12.6. The smallest absolute Gasteiger partial charge is 0.356 e. The summed E-state index contributed by atoms with van der Waals surface area (Å²) in [4.78, 5) is 23.6. The van der Waals surface area contributed by atoms with Gasteiger partial charge in [-0.15, -0.1) is 0 Å². The zero-order valence-electron chi connectivity index (χ0n) is 13.6. The third kappa shape index (κ3) is 2.90. The molecule has 26 heavy (non-hydrogen) atoms. The van der Waals surface area contributed by atoms with Crippen LogP contribution < -0.4 is 10.1 Å². The topological polar surface area (TPSA) is 93.5 Å². The molecule has 2 N–H and O–H groups in total. The number of fused-ring (bicyclic) bond motifs is 1. The van der Waals surface area contributed by atoms with Crippen molar-refractivity contribution in [3.05, 3.63) is 72.1 Å². The number of aromatic carboxylic acids is 1. The summed E-state index contributed by atoms with van der Waals surface area (Å²) < 4.78 is 7.01. The molecule has 0 aliphatic carbocycles. The molecule has 1 aromatic heterocycles. The zero-order valence-corrected chi connectivity index (χ0v) is 13.6. The number of carboxylic acid groups (broad SMARTS) is 1. The molecule has 2 heterocycles. The van der Waals surface area contributed by atoms with Gasteiger partial charge in [-0.3, -0.25) is 4.79 Å². The molecular weight excluding hydrogens is 334 g/mol. The molecule has 1 aliphatic heterocycles. The van der Waals surface area contributed by atoms with Crippen molar-refractivity contribution in [1.82, 2.24) is 9.78 Å². The lowest BCUT2D eigenvalue weighted by molar-refractivity contribution is -0.117. The second kappa shape index (κ2) is 6.36. The number of carbonyl (C=O) groups is 2. The quantitative estimate of drug-likeness (QED) is 0.755. The van der Waals surface area contributed by atoms with Crippen molar-refractivity contribution in [3.63, 3.8) is 0 Å². The number of carbonyl (C=O) groups excluding carboxylic acids is 1. The van der Waals surface area contributed by atoms with Crippen LogP contribution in [0.2, 0.25) is 0 Å². The summed E-state index contributed by atoms with van der Waals surface area (Å²) in [5, 5.41) is 15.9. The normalized spacial score (nSPS) is 15.2. The number of benzene rings is 2. The highest BCUT2D eigenvalue weighted by molar-refractivity contribution is 5.97. The van der Waals surface area contributed by atoms with Crippen molar-refractivity contribution in [2.75, 3.05) is 11.9 Å². The Morgan fingerprint density at radius 2 is 2.00 bits per heavy atom. The van der Waals surface area contributed by atoms with Crippen LogP contribution in [0.25, 0.3) is 5.69 Å².